The largest absolute Gasteiger partial charge is 0.480 e. The number of carboxylic acids is 1. The highest BCUT2D eigenvalue weighted by atomic mass is 32.2. The number of thiophene rings is 1. The summed E-state index contributed by atoms with van der Waals surface area (Å²) in [5.74, 6) is -0.0303. The van der Waals surface area contributed by atoms with E-state index >= 15 is 0 Å². The van der Waals surface area contributed by atoms with Crippen molar-refractivity contribution >= 4 is 35.0 Å². The molecule has 114 valence electrons. The fourth-order valence-electron chi connectivity index (χ4n) is 2.94. The molecule has 1 aliphatic heterocycles. The van der Waals surface area contributed by atoms with Crippen molar-refractivity contribution in [3.8, 4) is 0 Å². The number of fused-ring (bicyclic) bond motifs is 1. The average molecular weight is 325 g/mol. The minimum absolute atomic E-state index is 0.107. The maximum absolute atomic E-state index is 12.6. The van der Waals surface area contributed by atoms with Gasteiger partial charge in [0.2, 0.25) is 0 Å². The Bertz CT molecular complexity index is 530. The van der Waals surface area contributed by atoms with Gasteiger partial charge in [0.25, 0.3) is 5.91 Å². The first-order valence-corrected chi connectivity index (χ1v) is 9.37. The second-order valence-electron chi connectivity index (χ2n) is 5.60. The van der Waals surface area contributed by atoms with Gasteiger partial charge < -0.3 is 10.0 Å². The summed E-state index contributed by atoms with van der Waals surface area (Å²) in [4.78, 5) is 27.4. The van der Waals surface area contributed by atoms with Gasteiger partial charge in [0.05, 0.1) is 10.8 Å². The summed E-state index contributed by atoms with van der Waals surface area (Å²) in [5, 5.41) is 9.21. The van der Waals surface area contributed by atoms with Crippen molar-refractivity contribution in [3.63, 3.8) is 0 Å². The lowest BCUT2D eigenvalue weighted by molar-refractivity contribution is -0.140. The van der Waals surface area contributed by atoms with E-state index in [1.54, 1.807) is 11.3 Å². The van der Waals surface area contributed by atoms with Crippen LogP contribution >= 0.6 is 23.1 Å². The van der Waals surface area contributed by atoms with E-state index in [0.717, 1.165) is 17.7 Å². The van der Waals surface area contributed by atoms with Gasteiger partial charge in [-0.3, -0.25) is 4.79 Å². The predicted octanol–water partition coefficient (Wildman–Crippen LogP) is 3.01. The molecule has 0 aromatic carbocycles. The summed E-state index contributed by atoms with van der Waals surface area (Å²) in [6, 6.07) is 1.34. The fraction of sp³-hybridized carbons (Fsp3) is 0.600. The number of thioether (sulfide) groups is 1. The number of carbonyl (C=O) groups is 2. The molecule has 21 heavy (non-hydrogen) atoms. The molecule has 1 N–H and O–H groups in total. The lowest BCUT2D eigenvalue weighted by Crippen LogP contribution is -2.41. The second-order valence-corrected chi connectivity index (χ2v) is 7.74. The Kier molecular flexibility index (Phi) is 4.54. The van der Waals surface area contributed by atoms with E-state index in [9.17, 15) is 14.7 Å². The molecule has 0 radical (unpaired) electrons. The van der Waals surface area contributed by atoms with Crippen molar-refractivity contribution in [2.24, 2.45) is 0 Å². The van der Waals surface area contributed by atoms with E-state index in [-0.39, 0.29) is 5.91 Å². The maximum atomic E-state index is 12.6. The van der Waals surface area contributed by atoms with Gasteiger partial charge in [-0.1, -0.05) is 12.8 Å². The van der Waals surface area contributed by atoms with Gasteiger partial charge in [0.1, 0.15) is 6.04 Å². The van der Waals surface area contributed by atoms with Crippen LogP contribution in [-0.4, -0.2) is 39.6 Å². The van der Waals surface area contributed by atoms with Crippen LogP contribution in [0, 0.1) is 0 Å². The third-order valence-electron chi connectivity index (χ3n) is 4.14. The van der Waals surface area contributed by atoms with Crippen LogP contribution in [0.5, 0.6) is 0 Å². The third-order valence-corrected chi connectivity index (χ3v) is 6.37. The highest BCUT2D eigenvalue weighted by molar-refractivity contribution is 7.99. The average Bonchev–Trinajstić information content (AvgIpc) is 3.05. The fourth-order valence-corrected chi connectivity index (χ4v) is 5.29. The van der Waals surface area contributed by atoms with Crippen LogP contribution < -0.4 is 0 Å². The minimum Gasteiger partial charge on any atom is -0.480 e. The Morgan fingerprint density at radius 3 is 2.71 bits per heavy atom. The summed E-state index contributed by atoms with van der Waals surface area (Å²) >= 11 is 3.09. The Labute approximate surface area is 132 Å². The van der Waals surface area contributed by atoms with E-state index in [1.165, 1.54) is 52.8 Å². The van der Waals surface area contributed by atoms with E-state index in [1.807, 2.05) is 6.07 Å². The number of rotatable bonds is 2. The third kappa shape index (κ3) is 3.11. The lowest BCUT2D eigenvalue weighted by Gasteiger charge is -2.19. The summed E-state index contributed by atoms with van der Waals surface area (Å²) in [7, 11) is 0. The van der Waals surface area contributed by atoms with Crippen LogP contribution in [0.3, 0.4) is 0 Å². The number of amides is 1. The quantitative estimate of drug-likeness (QED) is 0.908. The lowest BCUT2D eigenvalue weighted by atomic mass is 10.00. The first kappa shape index (κ1) is 14.9. The second kappa shape index (κ2) is 6.40. The molecule has 3 rings (SSSR count). The monoisotopic (exact) mass is 325 g/mol. The number of aliphatic carboxylic acids is 1. The maximum Gasteiger partial charge on any atom is 0.327 e. The Balaban J connectivity index is 1.81. The van der Waals surface area contributed by atoms with Crippen molar-refractivity contribution in [1.29, 1.82) is 0 Å². The molecule has 4 nitrogen and oxygen atoms in total. The zero-order valence-corrected chi connectivity index (χ0v) is 13.5. The number of carboxylic acid groups (broad SMARTS) is 1. The van der Waals surface area contributed by atoms with Gasteiger partial charge in [0, 0.05) is 10.6 Å². The number of carbonyl (C=O) groups excluding carboxylic acids is 1. The van der Waals surface area contributed by atoms with Crippen LogP contribution in [0.15, 0.2) is 6.07 Å². The molecule has 1 amide bonds. The Morgan fingerprint density at radius 1 is 1.19 bits per heavy atom. The van der Waals surface area contributed by atoms with E-state index in [4.69, 9.17) is 0 Å². The van der Waals surface area contributed by atoms with Gasteiger partial charge in [-0.2, -0.15) is 0 Å². The minimum atomic E-state index is -0.900. The van der Waals surface area contributed by atoms with E-state index < -0.39 is 12.0 Å². The molecule has 0 unspecified atom stereocenters. The SMILES string of the molecule is O=C(O)[C@@H]1CSCN1C(=O)c1cc2c(s1)CCCCCC2. The molecule has 1 aromatic heterocycles. The van der Waals surface area contributed by atoms with Crippen molar-refractivity contribution in [1.82, 2.24) is 4.90 Å². The molecular formula is C15H19NO3S2. The Morgan fingerprint density at radius 2 is 1.95 bits per heavy atom. The van der Waals surface area contributed by atoms with Crippen LogP contribution in [0.4, 0.5) is 0 Å². The molecule has 0 saturated carbocycles. The first-order valence-electron chi connectivity index (χ1n) is 7.40. The molecule has 1 atom stereocenters. The molecule has 6 heteroatoms. The molecule has 1 aliphatic carbocycles. The summed E-state index contributed by atoms with van der Waals surface area (Å²) in [5.41, 5.74) is 1.31. The highest BCUT2D eigenvalue weighted by Gasteiger charge is 2.35. The molecule has 2 heterocycles. The summed E-state index contributed by atoms with van der Waals surface area (Å²) < 4.78 is 0. The number of aryl methyl sites for hydroxylation is 2. The van der Waals surface area contributed by atoms with Crippen molar-refractivity contribution in [2.45, 2.75) is 44.6 Å². The highest BCUT2D eigenvalue weighted by Crippen LogP contribution is 2.31. The van der Waals surface area contributed by atoms with Gasteiger partial charge in [-0.25, -0.2) is 4.79 Å². The van der Waals surface area contributed by atoms with Crippen molar-refractivity contribution < 1.29 is 14.7 Å². The molecule has 1 aromatic rings. The normalized spacial score (nSPS) is 22.5. The van der Waals surface area contributed by atoms with Crippen LogP contribution in [0.1, 0.15) is 45.8 Å². The number of hydrogen-bond donors (Lipinski definition) is 1. The van der Waals surface area contributed by atoms with Gasteiger partial charge in [0.15, 0.2) is 0 Å². The topological polar surface area (TPSA) is 57.6 Å². The number of hydrogen-bond acceptors (Lipinski definition) is 4. The standard InChI is InChI=1S/C15H19NO3S2/c17-14(16-9-20-8-11(16)15(18)19)13-7-10-5-3-1-2-4-6-12(10)21-13/h7,11H,1-6,8-9H2,(H,18,19)/t11-/m0/s1. The summed E-state index contributed by atoms with van der Waals surface area (Å²) in [6.07, 6.45) is 7.03. The summed E-state index contributed by atoms with van der Waals surface area (Å²) in [6.45, 7) is 0. The van der Waals surface area contributed by atoms with Crippen molar-refractivity contribution in [3.05, 3.63) is 21.4 Å². The van der Waals surface area contributed by atoms with Crippen LogP contribution in [0.25, 0.3) is 0 Å². The van der Waals surface area contributed by atoms with Gasteiger partial charge >= 0.3 is 5.97 Å². The first-order chi connectivity index (χ1) is 10.2. The van der Waals surface area contributed by atoms with E-state index in [0.29, 0.717) is 11.6 Å². The molecular weight excluding hydrogens is 306 g/mol. The predicted molar refractivity (Wildman–Crippen MR) is 85.1 cm³/mol. The van der Waals surface area contributed by atoms with E-state index in [2.05, 4.69) is 0 Å². The number of nitrogens with zero attached hydrogens (tertiary/aromatic N) is 1. The molecule has 1 saturated heterocycles. The zero-order valence-electron chi connectivity index (χ0n) is 11.8. The molecule has 0 spiro atoms. The van der Waals surface area contributed by atoms with Crippen molar-refractivity contribution in [2.75, 3.05) is 11.6 Å². The van der Waals surface area contributed by atoms with Gasteiger partial charge in [-0.15, -0.1) is 23.1 Å². The molecule has 0 bridgehead atoms. The Hall–Kier alpha value is -1.01. The smallest absolute Gasteiger partial charge is 0.327 e. The van der Waals surface area contributed by atoms with Crippen LogP contribution in [-0.2, 0) is 17.6 Å². The van der Waals surface area contributed by atoms with Crippen LogP contribution in [0.2, 0.25) is 0 Å². The zero-order chi connectivity index (χ0) is 14.8. The van der Waals surface area contributed by atoms with Gasteiger partial charge in [-0.05, 0) is 37.3 Å². The molecule has 2 aliphatic rings. The molecule has 1 fully saturated rings.